The Kier molecular flexibility index (Phi) is 4.31. The van der Waals surface area contributed by atoms with Crippen molar-refractivity contribution in [3.8, 4) is 0 Å². The SMILES string of the molecule is CN(C)c1cc(NCc2ccccc2)c2c(=O)n(C)c(=O)n(C)c2n1. The number of aromatic nitrogens is 3. The maximum absolute atomic E-state index is 12.7. The van der Waals surface area contributed by atoms with Gasteiger partial charge in [0.2, 0.25) is 0 Å². The minimum absolute atomic E-state index is 0.355. The molecule has 7 nitrogen and oxygen atoms in total. The maximum Gasteiger partial charge on any atom is 0.332 e. The molecule has 0 aliphatic carbocycles. The minimum Gasteiger partial charge on any atom is -0.380 e. The van der Waals surface area contributed by atoms with Crippen LogP contribution in [0.25, 0.3) is 11.0 Å². The zero-order valence-electron chi connectivity index (χ0n) is 14.8. The van der Waals surface area contributed by atoms with Crippen LogP contribution in [0.5, 0.6) is 0 Å². The summed E-state index contributed by atoms with van der Waals surface area (Å²) in [5, 5.41) is 3.73. The van der Waals surface area contributed by atoms with Crippen molar-refractivity contribution in [1.82, 2.24) is 14.1 Å². The quantitative estimate of drug-likeness (QED) is 0.776. The van der Waals surface area contributed by atoms with Gasteiger partial charge in [-0.3, -0.25) is 13.9 Å². The number of fused-ring (bicyclic) bond motifs is 1. The summed E-state index contributed by atoms with van der Waals surface area (Å²) in [6.07, 6.45) is 0. The fraction of sp³-hybridized carbons (Fsp3) is 0.278. The molecular weight excluding hydrogens is 318 g/mol. The molecule has 7 heteroatoms. The van der Waals surface area contributed by atoms with Crippen LogP contribution in [0.2, 0.25) is 0 Å². The van der Waals surface area contributed by atoms with Crippen LogP contribution in [0, 0.1) is 0 Å². The Balaban J connectivity index is 2.21. The summed E-state index contributed by atoms with van der Waals surface area (Å²) in [7, 11) is 6.84. The van der Waals surface area contributed by atoms with Gasteiger partial charge in [0.1, 0.15) is 11.2 Å². The lowest BCUT2D eigenvalue weighted by molar-refractivity contribution is 0.707. The Morgan fingerprint density at radius 1 is 1.08 bits per heavy atom. The molecule has 130 valence electrons. The summed E-state index contributed by atoms with van der Waals surface area (Å²) < 4.78 is 2.50. The van der Waals surface area contributed by atoms with Crippen LogP contribution in [0.3, 0.4) is 0 Å². The van der Waals surface area contributed by atoms with Gasteiger partial charge in [0, 0.05) is 40.8 Å². The van der Waals surface area contributed by atoms with Gasteiger partial charge >= 0.3 is 5.69 Å². The van der Waals surface area contributed by atoms with E-state index in [-0.39, 0.29) is 5.56 Å². The molecule has 0 atom stereocenters. The Morgan fingerprint density at radius 2 is 1.76 bits per heavy atom. The third kappa shape index (κ3) is 3.00. The highest BCUT2D eigenvalue weighted by Crippen LogP contribution is 2.23. The number of benzene rings is 1. The molecule has 3 aromatic rings. The molecule has 0 amide bonds. The monoisotopic (exact) mass is 339 g/mol. The van der Waals surface area contributed by atoms with E-state index < -0.39 is 5.69 Å². The number of pyridine rings is 1. The van der Waals surface area contributed by atoms with Gasteiger partial charge in [-0.15, -0.1) is 0 Å². The average molecular weight is 339 g/mol. The Morgan fingerprint density at radius 3 is 2.40 bits per heavy atom. The molecule has 25 heavy (non-hydrogen) atoms. The van der Waals surface area contributed by atoms with Crippen molar-refractivity contribution in [3.05, 3.63) is 62.8 Å². The second kappa shape index (κ2) is 6.43. The lowest BCUT2D eigenvalue weighted by Gasteiger charge is -2.17. The van der Waals surface area contributed by atoms with E-state index in [1.807, 2.05) is 55.4 Å². The van der Waals surface area contributed by atoms with E-state index in [9.17, 15) is 9.59 Å². The lowest BCUT2D eigenvalue weighted by Crippen LogP contribution is -2.37. The van der Waals surface area contributed by atoms with Crippen molar-refractivity contribution in [2.75, 3.05) is 24.3 Å². The van der Waals surface area contributed by atoms with Crippen molar-refractivity contribution in [2.24, 2.45) is 14.1 Å². The largest absolute Gasteiger partial charge is 0.380 e. The average Bonchev–Trinajstić information content (AvgIpc) is 2.62. The molecule has 1 aromatic carbocycles. The Labute approximate surface area is 145 Å². The lowest BCUT2D eigenvalue weighted by atomic mass is 10.2. The normalized spacial score (nSPS) is 10.9. The third-order valence-corrected chi connectivity index (χ3v) is 4.18. The van der Waals surface area contributed by atoms with Gasteiger partial charge in [-0.05, 0) is 5.56 Å². The molecule has 0 spiro atoms. The summed E-state index contributed by atoms with van der Waals surface area (Å²) in [6.45, 7) is 0.568. The van der Waals surface area contributed by atoms with E-state index in [1.165, 1.54) is 11.6 Å². The van der Waals surface area contributed by atoms with E-state index in [0.717, 1.165) is 10.1 Å². The van der Waals surface area contributed by atoms with E-state index in [1.54, 1.807) is 7.05 Å². The molecule has 0 bridgehead atoms. The van der Waals surface area contributed by atoms with Crippen molar-refractivity contribution in [3.63, 3.8) is 0 Å². The highest BCUT2D eigenvalue weighted by molar-refractivity contribution is 5.90. The first kappa shape index (κ1) is 16.8. The molecular formula is C18H21N5O2. The van der Waals surface area contributed by atoms with E-state index >= 15 is 0 Å². The van der Waals surface area contributed by atoms with Crippen molar-refractivity contribution < 1.29 is 0 Å². The zero-order chi connectivity index (χ0) is 18.1. The molecule has 2 aromatic heterocycles. The Bertz CT molecular complexity index is 1040. The number of nitrogens with zero attached hydrogens (tertiary/aromatic N) is 4. The molecule has 0 radical (unpaired) electrons. The van der Waals surface area contributed by atoms with Gasteiger partial charge in [-0.1, -0.05) is 30.3 Å². The summed E-state index contributed by atoms with van der Waals surface area (Å²) >= 11 is 0. The first-order valence-electron chi connectivity index (χ1n) is 7.96. The molecule has 0 unspecified atom stereocenters. The van der Waals surface area contributed by atoms with Gasteiger partial charge in [0.05, 0.1) is 5.69 Å². The second-order valence-electron chi connectivity index (χ2n) is 6.17. The van der Waals surface area contributed by atoms with Crippen LogP contribution >= 0.6 is 0 Å². The van der Waals surface area contributed by atoms with E-state index in [0.29, 0.717) is 29.1 Å². The molecule has 0 saturated heterocycles. The van der Waals surface area contributed by atoms with Gasteiger partial charge < -0.3 is 10.2 Å². The summed E-state index contributed by atoms with van der Waals surface area (Å²) in [6, 6.07) is 11.7. The maximum atomic E-state index is 12.7. The molecule has 3 rings (SSSR count). The number of rotatable bonds is 4. The summed E-state index contributed by atoms with van der Waals surface area (Å²) in [5.41, 5.74) is 1.38. The van der Waals surface area contributed by atoms with Gasteiger partial charge in [-0.2, -0.15) is 0 Å². The number of aryl methyl sites for hydroxylation is 1. The fourth-order valence-electron chi connectivity index (χ4n) is 2.70. The van der Waals surface area contributed by atoms with Gasteiger partial charge in [-0.25, -0.2) is 9.78 Å². The number of hydrogen-bond acceptors (Lipinski definition) is 5. The van der Waals surface area contributed by atoms with Crippen molar-refractivity contribution in [2.45, 2.75) is 6.54 Å². The predicted molar refractivity (Wildman–Crippen MR) is 100 cm³/mol. The molecule has 0 fully saturated rings. The molecule has 0 aliphatic rings. The number of hydrogen-bond donors (Lipinski definition) is 1. The zero-order valence-corrected chi connectivity index (χ0v) is 14.8. The van der Waals surface area contributed by atoms with Crippen LogP contribution in [0.4, 0.5) is 11.5 Å². The number of anilines is 2. The minimum atomic E-state index is -0.394. The van der Waals surface area contributed by atoms with Crippen LogP contribution in [0.15, 0.2) is 46.0 Å². The van der Waals surface area contributed by atoms with Crippen LogP contribution in [0.1, 0.15) is 5.56 Å². The van der Waals surface area contributed by atoms with Crippen molar-refractivity contribution >= 4 is 22.5 Å². The third-order valence-electron chi connectivity index (χ3n) is 4.18. The second-order valence-corrected chi connectivity index (χ2v) is 6.17. The molecule has 2 heterocycles. The van der Waals surface area contributed by atoms with Gasteiger partial charge in [0.25, 0.3) is 5.56 Å². The Hall–Kier alpha value is -3.09. The highest BCUT2D eigenvalue weighted by atomic mass is 16.2. The van der Waals surface area contributed by atoms with Gasteiger partial charge in [0.15, 0.2) is 5.65 Å². The number of nitrogens with one attached hydrogen (secondary N) is 1. The smallest absolute Gasteiger partial charge is 0.332 e. The van der Waals surface area contributed by atoms with E-state index in [2.05, 4.69) is 10.3 Å². The van der Waals surface area contributed by atoms with Crippen LogP contribution < -0.4 is 21.5 Å². The topological polar surface area (TPSA) is 72.2 Å². The highest BCUT2D eigenvalue weighted by Gasteiger charge is 2.16. The molecule has 1 N–H and O–H groups in total. The fourth-order valence-corrected chi connectivity index (χ4v) is 2.70. The van der Waals surface area contributed by atoms with Crippen LogP contribution in [-0.4, -0.2) is 28.2 Å². The van der Waals surface area contributed by atoms with E-state index in [4.69, 9.17) is 0 Å². The first-order chi connectivity index (χ1) is 11.9. The predicted octanol–water partition coefficient (Wildman–Crippen LogP) is 1.31. The molecule has 0 aliphatic heterocycles. The summed E-state index contributed by atoms with van der Waals surface area (Å²) in [5.74, 6) is 0.673. The van der Waals surface area contributed by atoms with Crippen molar-refractivity contribution in [1.29, 1.82) is 0 Å². The standard InChI is InChI=1S/C18H21N5O2/c1-21(2)14-10-13(19-11-12-8-6-5-7-9-12)15-16(20-14)22(3)18(25)23(4)17(15)24/h5-10H,11H2,1-4H3,(H,19,20). The summed E-state index contributed by atoms with van der Waals surface area (Å²) in [4.78, 5) is 31.2. The first-order valence-corrected chi connectivity index (χ1v) is 7.96. The molecule has 0 saturated carbocycles. The van der Waals surface area contributed by atoms with Crippen LogP contribution in [-0.2, 0) is 20.6 Å².